The van der Waals surface area contributed by atoms with Gasteiger partial charge in [0.2, 0.25) is 0 Å². The van der Waals surface area contributed by atoms with Crippen molar-refractivity contribution < 1.29 is 10.0 Å². The summed E-state index contributed by atoms with van der Waals surface area (Å²) in [7, 11) is 0. The van der Waals surface area contributed by atoms with Crippen molar-refractivity contribution in [1.29, 1.82) is 0 Å². The van der Waals surface area contributed by atoms with Crippen LogP contribution in [0.25, 0.3) is 6.08 Å². The lowest BCUT2D eigenvalue weighted by atomic mass is 10.1. The molecule has 0 amide bonds. The van der Waals surface area contributed by atoms with Crippen LogP contribution in [0.1, 0.15) is 24.5 Å². The first-order valence-electron chi connectivity index (χ1n) is 5.51. The number of carbonyl (C=O) groups is 1. The third-order valence-corrected chi connectivity index (χ3v) is 3.06. The molecule has 0 fully saturated rings. The molecule has 96 valence electrons. The zero-order valence-corrected chi connectivity index (χ0v) is 11.0. The fourth-order valence-corrected chi connectivity index (χ4v) is 1.85. The number of hydrogen-bond acceptors (Lipinski definition) is 4. The third-order valence-electron chi connectivity index (χ3n) is 2.21. The Kier molecular flexibility index (Phi) is 6.00. The van der Waals surface area contributed by atoms with E-state index >= 15 is 0 Å². The molecule has 0 spiro atoms. The van der Waals surface area contributed by atoms with Crippen molar-refractivity contribution >= 4 is 28.8 Å². The number of thioether (sulfide) groups is 1. The molecule has 3 N–H and O–H groups in total. The van der Waals surface area contributed by atoms with Crippen LogP contribution in [0.4, 0.5) is 0 Å². The van der Waals surface area contributed by atoms with Crippen LogP contribution in [0, 0.1) is 0 Å². The zero-order chi connectivity index (χ0) is 13.4. The first-order chi connectivity index (χ1) is 8.63. The second-order valence-corrected chi connectivity index (χ2v) is 4.91. The van der Waals surface area contributed by atoms with Crippen LogP contribution < -0.4 is 5.73 Å². The lowest BCUT2D eigenvalue weighted by molar-refractivity contribution is -0.109. The van der Waals surface area contributed by atoms with Gasteiger partial charge < -0.3 is 10.9 Å². The van der Waals surface area contributed by atoms with Gasteiger partial charge >= 0.3 is 0 Å². The summed E-state index contributed by atoms with van der Waals surface area (Å²) in [5.74, 6) is 0.900. The molecule has 0 saturated heterocycles. The van der Waals surface area contributed by atoms with Gasteiger partial charge in [-0.2, -0.15) is 0 Å². The van der Waals surface area contributed by atoms with E-state index in [1.807, 2.05) is 24.3 Å². The highest BCUT2D eigenvalue weighted by atomic mass is 32.2. The molecule has 0 aliphatic carbocycles. The Morgan fingerprint density at radius 1 is 1.44 bits per heavy atom. The standard InChI is InChI=1S/C13H16N2O2S/c1-10(16)18-9-3-2-4-11-5-7-12(8-6-11)13(14)15-17/h2,4-8,17H,3,9H2,1H3,(H2,14,15). The van der Waals surface area contributed by atoms with Crippen molar-refractivity contribution in [3.8, 4) is 0 Å². The molecule has 0 aliphatic rings. The molecule has 0 bridgehead atoms. The highest BCUT2D eigenvalue weighted by Crippen LogP contribution is 2.08. The van der Waals surface area contributed by atoms with E-state index in [1.54, 1.807) is 19.1 Å². The molecular weight excluding hydrogens is 248 g/mol. The van der Waals surface area contributed by atoms with Crippen molar-refractivity contribution in [2.75, 3.05) is 5.75 Å². The summed E-state index contributed by atoms with van der Waals surface area (Å²) >= 11 is 1.33. The molecule has 1 aromatic carbocycles. The number of nitrogens with two attached hydrogens (primary N) is 1. The molecule has 1 rings (SSSR count). The fraction of sp³-hybridized carbons (Fsp3) is 0.231. The molecular formula is C13H16N2O2S. The average molecular weight is 264 g/mol. The van der Waals surface area contributed by atoms with E-state index in [0.717, 1.165) is 17.7 Å². The first-order valence-corrected chi connectivity index (χ1v) is 6.50. The lowest BCUT2D eigenvalue weighted by Gasteiger charge is -1.99. The summed E-state index contributed by atoms with van der Waals surface area (Å²) in [6.07, 6.45) is 4.86. The number of rotatable bonds is 5. The van der Waals surface area contributed by atoms with E-state index in [1.165, 1.54) is 11.8 Å². The molecule has 0 radical (unpaired) electrons. The molecule has 1 aromatic rings. The molecule has 4 nitrogen and oxygen atoms in total. The van der Waals surface area contributed by atoms with Gasteiger partial charge in [0.15, 0.2) is 11.0 Å². The largest absolute Gasteiger partial charge is 0.409 e. The van der Waals surface area contributed by atoms with Gasteiger partial charge in [0.05, 0.1) is 0 Å². The fourth-order valence-electron chi connectivity index (χ4n) is 1.31. The minimum Gasteiger partial charge on any atom is -0.409 e. The summed E-state index contributed by atoms with van der Waals surface area (Å²) in [4.78, 5) is 10.7. The Labute approximate surface area is 111 Å². The number of carbonyl (C=O) groups excluding carboxylic acids is 1. The summed E-state index contributed by atoms with van der Waals surface area (Å²) in [5, 5.41) is 11.6. The Morgan fingerprint density at radius 3 is 2.67 bits per heavy atom. The lowest BCUT2D eigenvalue weighted by Crippen LogP contribution is -2.12. The number of amidine groups is 1. The van der Waals surface area contributed by atoms with Crippen molar-refractivity contribution in [3.05, 3.63) is 41.5 Å². The maximum absolute atomic E-state index is 10.7. The van der Waals surface area contributed by atoms with Gasteiger partial charge in [-0.25, -0.2) is 0 Å². The van der Waals surface area contributed by atoms with E-state index < -0.39 is 0 Å². The quantitative estimate of drug-likeness (QED) is 0.281. The predicted octanol–water partition coefficient (Wildman–Crippen LogP) is 2.46. The summed E-state index contributed by atoms with van der Waals surface area (Å²) in [6, 6.07) is 7.36. The minimum atomic E-state index is 0.100. The molecule has 0 aromatic heterocycles. The number of nitrogens with zero attached hydrogens (tertiary/aromatic N) is 1. The van der Waals surface area contributed by atoms with Crippen LogP contribution >= 0.6 is 11.8 Å². The van der Waals surface area contributed by atoms with Gasteiger partial charge in [0.25, 0.3) is 0 Å². The van der Waals surface area contributed by atoms with E-state index in [-0.39, 0.29) is 11.0 Å². The van der Waals surface area contributed by atoms with E-state index in [2.05, 4.69) is 5.16 Å². The molecule has 0 aliphatic heterocycles. The van der Waals surface area contributed by atoms with E-state index in [0.29, 0.717) is 5.56 Å². The second-order valence-electron chi connectivity index (χ2n) is 3.64. The molecule has 0 saturated carbocycles. The predicted molar refractivity (Wildman–Crippen MR) is 75.7 cm³/mol. The van der Waals surface area contributed by atoms with Gasteiger partial charge in [0, 0.05) is 18.2 Å². The average Bonchev–Trinajstić information content (AvgIpc) is 2.38. The topological polar surface area (TPSA) is 75.7 Å². The van der Waals surface area contributed by atoms with Crippen LogP contribution in [0.3, 0.4) is 0 Å². The second kappa shape index (κ2) is 7.55. The van der Waals surface area contributed by atoms with Gasteiger partial charge in [-0.1, -0.05) is 53.3 Å². The van der Waals surface area contributed by atoms with Crippen LogP contribution in [0.5, 0.6) is 0 Å². The number of benzene rings is 1. The van der Waals surface area contributed by atoms with Gasteiger partial charge in [0.1, 0.15) is 0 Å². The highest BCUT2D eigenvalue weighted by Gasteiger charge is 1.97. The minimum absolute atomic E-state index is 0.100. The smallest absolute Gasteiger partial charge is 0.185 e. The van der Waals surface area contributed by atoms with E-state index in [4.69, 9.17) is 10.9 Å². The monoisotopic (exact) mass is 264 g/mol. The highest BCUT2D eigenvalue weighted by molar-refractivity contribution is 8.13. The maximum Gasteiger partial charge on any atom is 0.185 e. The summed E-state index contributed by atoms with van der Waals surface area (Å²) < 4.78 is 0. The van der Waals surface area contributed by atoms with Crippen molar-refractivity contribution in [2.24, 2.45) is 10.9 Å². The normalized spacial score (nSPS) is 11.9. The first kappa shape index (κ1) is 14.3. The Balaban J connectivity index is 2.48. The van der Waals surface area contributed by atoms with Crippen LogP contribution in [-0.2, 0) is 4.79 Å². The number of allylic oxidation sites excluding steroid dienone is 1. The number of oxime groups is 1. The molecule has 5 heteroatoms. The Morgan fingerprint density at radius 2 is 2.11 bits per heavy atom. The zero-order valence-electron chi connectivity index (χ0n) is 10.2. The third kappa shape index (κ3) is 5.05. The molecule has 18 heavy (non-hydrogen) atoms. The van der Waals surface area contributed by atoms with Crippen LogP contribution in [-0.4, -0.2) is 21.9 Å². The maximum atomic E-state index is 10.7. The van der Waals surface area contributed by atoms with Crippen molar-refractivity contribution in [1.82, 2.24) is 0 Å². The Bertz CT molecular complexity index is 453. The Hall–Kier alpha value is -1.75. The molecule has 0 heterocycles. The van der Waals surface area contributed by atoms with Crippen LogP contribution in [0.2, 0.25) is 0 Å². The molecule has 0 unspecified atom stereocenters. The number of hydrogen-bond donors (Lipinski definition) is 2. The van der Waals surface area contributed by atoms with Gasteiger partial charge in [-0.3, -0.25) is 4.79 Å². The van der Waals surface area contributed by atoms with E-state index in [9.17, 15) is 4.79 Å². The summed E-state index contributed by atoms with van der Waals surface area (Å²) in [6.45, 7) is 1.57. The molecule has 0 atom stereocenters. The SMILES string of the molecule is CC(=O)SCCC=Cc1ccc(C(N)=NO)cc1. The van der Waals surface area contributed by atoms with Crippen molar-refractivity contribution in [3.63, 3.8) is 0 Å². The van der Waals surface area contributed by atoms with Crippen LogP contribution in [0.15, 0.2) is 35.5 Å². The van der Waals surface area contributed by atoms with Gasteiger partial charge in [-0.05, 0) is 12.0 Å². The van der Waals surface area contributed by atoms with Crippen molar-refractivity contribution in [2.45, 2.75) is 13.3 Å². The van der Waals surface area contributed by atoms with Gasteiger partial charge in [-0.15, -0.1) is 0 Å². The summed E-state index contributed by atoms with van der Waals surface area (Å²) in [5.41, 5.74) is 7.18.